The van der Waals surface area contributed by atoms with Crippen LogP contribution in [0.15, 0.2) is 71.2 Å². The summed E-state index contributed by atoms with van der Waals surface area (Å²) >= 11 is 0. The van der Waals surface area contributed by atoms with Gasteiger partial charge < -0.3 is 14.5 Å². The number of benzene rings is 1. The molecule has 1 atom stereocenters. The quantitative estimate of drug-likeness (QED) is 0.310. The van der Waals surface area contributed by atoms with Crippen molar-refractivity contribution in [1.29, 1.82) is 5.26 Å². The zero-order valence-electron chi connectivity index (χ0n) is 24.6. The third-order valence-corrected chi connectivity index (χ3v) is 8.81. The number of ether oxygens (including phenoxy) is 1. The number of oxazole rings is 1. The lowest BCUT2D eigenvalue weighted by molar-refractivity contribution is -0.127. The first-order chi connectivity index (χ1) is 20.2. The van der Waals surface area contributed by atoms with Crippen LogP contribution in [0, 0.1) is 18.3 Å². The summed E-state index contributed by atoms with van der Waals surface area (Å²) in [7, 11) is -3.37. The van der Waals surface area contributed by atoms with Crippen LogP contribution in [0.25, 0.3) is 16.7 Å². The average Bonchev–Trinajstić information content (AvgIpc) is 3.25. The van der Waals surface area contributed by atoms with Crippen LogP contribution in [0.2, 0.25) is 0 Å². The molecule has 2 heterocycles. The minimum absolute atomic E-state index is 0.0712. The Kier molecular flexibility index (Phi) is 12.5. The Morgan fingerprint density at radius 3 is 2.86 bits per heavy atom. The van der Waals surface area contributed by atoms with Crippen molar-refractivity contribution in [3.05, 3.63) is 83.8 Å². The van der Waals surface area contributed by atoms with Gasteiger partial charge in [0.05, 0.1) is 23.5 Å². The van der Waals surface area contributed by atoms with E-state index >= 15 is 0 Å². The van der Waals surface area contributed by atoms with Crippen molar-refractivity contribution in [2.45, 2.75) is 52.6 Å². The van der Waals surface area contributed by atoms with Crippen molar-refractivity contribution in [2.24, 2.45) is 0 Å². The highest BCUT2D eigenvalue weighted by Gasteiger charge is 2.26. The molecule has 1 unspecified atom stereocenters. The lowest BCUT2D eigenvalue weighted by atomic mass is 10.1. The molecular weight excluding hydrogens is 552 g/mol. The largest absolute Gasteiger partial charge is 0.436 e. The third kappa shape index (κ3) is 9.65. The molecule has 0 saturated carbocycles. The second-order valence-corrected chi connectivity index (χ2v) is 12.3. The standard InChI is InChI=1S/C32H40N4O5S/c1-5-7-8-11-24(3)15-19-42(38,39)36-17-10-13-28(14-18-36)40-23-30(37)34-16-9-12-27(6-2)32-35-29-21-26(22-33)20-25(4)31(29)41-32/h5-9,11-12,20-21,28H,1,10,13-19,23H2,2-4H3,(H,34,37)/b8-7-,12-9-,24-11+,27-6+. The Bertz CT molecular complexity index is 1530. The molecular formula is C32H40N4O5S. The number of nitriles is 1. The molecule has 0 radical (unpaired) electrons. The Morgan fingerprint density at radius 2 is 2.12 bits per heavy atom. The molecule has 3 rings (SSSR count). The fourth-order valence-electron chi connectivity index (χ4n) is 4.57. The highest BCUT2D eigenvalue weighted by Crippen LogP contribution is 2.25. The maximum absolute atomic E-state index is 12.9. The number of allylic oxidation sites excluding steroid dienone is 8. The molecule has 1 aliphatic heterocycles. The molecule has 1 amide bonds. The van der Waals surface area contributed by atoms with E-state index in [1.54, 1.807) is 34.7 Å². The van der Waals surface area contributed by atoms with E-state index in [-0.39, 0.29) is 24.4 Å². The summed E-state index contributed by atoms with van der Waals surface area (Å²) in [5, 5.41) is 12.0. The van der Waals surface area contributed by atoms with Crippen LogP contribution in [0.4, 0.5) is 0 Å². The smallest absolute Gasteiger partial charge is 0.246 e. The number of carbonyl (C=O) groups is 1. The Labute approximate surface area is 249 Å². The van der Waals surface area contributed by atoms with Crippen LogP contribution in [-0.2, 0) is 19.6 Å². The zero-order chi connectivity index (χ0) is 30.5. The Balaban J connectivity index is 1.42. The highest BCUT2D eigenvalue weighted by atomic mass is 32.2. The molecule has 42 heavy (non-hydrogen) atoms. The van der Waals surface area contributed by atoms with E-state index in [0.29, 0.717) is 67.9 Å². The summed E-state index contributed by atoms with van der Waals surface area (Å²) in [6.45, 7) is 10.3. The molecule has 1 N–H and O–H groups in total. The molecule has 10 heteroatoms. The number of carbonyl (C=O) groups excluding carboxylic acids is 1. The number of aromatic nitrogens is 1. The molecule has 9 nitrogen and oxygen atoms in total. The number of fused-ring (bicyclic) bond motifs is 1. The van der Waals surface area contributed by atoms with Gasteiger partial charge in [-0.1, -0.05) is 54.7 Å². The van der Waals surface area contributed by atoms with Gasteiger partial charge in [-0.3, -0.25) is 4.79 Å². The number of amides is 1. The molecule has 1 aromatic heterocycles. The average molecular weight is 593 g/mol. The summed E-state index contributed by atoms with van der Waals surface area (Å²) in [5.41, 5.74) is 4.38. The van der Waals surface area contributed by atoms with E-state index in [1.165, 1.54) is 0 Å². The van der Waals surface area contributed by atoms with Gasteiger partial charge >= 0.3 is 0 Å². The van der Waals surface area contributed by atoms with Crippen molar-refractivity contribution in [1.82, 2.24) is 14.6 Å². The molecule has 1 fully saturated rings. The SMILES string of the molecule is C=C/C=C\C=C(/C)CCS(=O)(=O)N1CCCC(OCC(=O)NC/C=C\C(=C/C)c2nc3cc(C#N)cc(C)c3o2)CC1. The van der Waals surface area contributed by atoms with Gasteiger partial charge in [-0.15, -0.1) is 0 Å². The maximum Gasteiger partial charge on any atom is 0.246 e. The van der Waals surface area contributed by atoms with E-state index < -0.39 is 10.0 Å². The molecule has 1 aromatic carbocycles. The number of sulfonamides is 1. The second kappa shape index (κ2) is 16.0. The summed E-state index contributed by atoms with van der Waals surface area (Å²) in [6, 6.07) is 5.59. The van der Waals surface area contributed by atoms with Gasteiger partial charge in [0.1, 0.15) is 12.1 Å². The number of rotatable bonds is 13. The van der Waals surface area contributed by atoms with Crippen LogP contribution in [0.1, 0.15) is 56.5 Å². The monoisotopic (exact) mass is 592 g/mol. The molecule has 2 aromatic rings. The van der Waals surface area contributed by atoms with Gasteiger partial charge in [0.15, 0.2) is 5.58 Å². The Morgan fingerprint density at radius 1 is 1.31 bits per heavy atom. The lowest BCUT2D eigenvalue weighted by Crippen LogP contribution is -2.34. The van der Waals surface area contributed by atoms with E-state index in [9.17, 15) is 18.5 Å². The number of nitrogens with one attached hydrogen (secondary N) is 1. The molecule has 0 aliphatic carbocycles. The molecule has 1 aliphatic rings. The normalized spacial score (nSPS) is 17.5. The van der Waals surface area contributed by atoms with Crippen molar-refractivity contribution in [3.63, 3.8) is 0 Å². The summed E-state index contributed by atoms with van der Waals surface area (Å²) < 4.78 is 39.0. The van der Waals surface area contributed by atoms with Crippen LogP contribution < -0.4 is 5.32 Å². The highest BCUT2D eigenvalue weighted by molar-refractivity contribution is 7.89. The van der Waals surface area contributed by atoms with Crippen LogP contribution in [-0.4, -0.2) is 61.7 Å². The minimum atomic E-state index is -3.37. The van der Waals surface area contributed by atoms with Gasteiger partial charge in [-0.2, -0.15) is 5.26 Å². The first kappa shape index (κ1) is 32.7. The molecule has 1 saturated heterocycles. The molecule has 0 bridgehead atoms. The van der Waals surface area contributed by atoms with Crippen molar-refractivity contribution < 1.29 is 22.4 Å². The maximum atomic E-state index is 12.9. The fraction of sp³-hybridized carbons (Fsp3) is 0.406. The zero-order valence-corrected chi connectivity index (χ0v) is 25.5. The van der Waals surface area contributed by atoms with Gasteiger partial charge in [-0.05, 0) is 64.2 Å². The van der Waals surface area contributed by atoms with E-state index in [0.717, 1.165) is 16.7 Å². The first-order valence-electron chi connectivity index (χ1n) is 14.1. The summed E-state index contributed by atoms with van der Waals surface area (Å²) in [6.07, 6.45) is 15.0. The van der Waals surface area contributed by atoms with E-state index in [4.69, 9.17) is 9.15 Å². The summed E-state index contributed by atoms with van der Waals surface area (Å²) in [5.74, 6) is 0.264. The van der Waals surface area contributed by atoms with Gasteiger partial charge in [0.2, 0.25) is 21.8 Å². The van der Waals surface area contributed by atoms with Crippen molar-refractivity contribution in [3.8, 4) is 6.07 Å². The minimum Gasteiger partial charge on any atom is -0.436 e. The first-order valence-corrected chi connectivity index (χ1v) is 15.7. The number of aryl methyl sites for hydroxylation is 1. The van der Waals surface area contributed by atoms with Gasteiger partial charge in [0, 0.05) is 25.2 Å². The van der Waals surface area contributed by atoms with Crippen molar-refractivity contribution >= 4 is 32.6 Å². The van der Waals surface area contributed by atoms with Crippen LogP contribution in [0.5, 0.6) is 0 Å². The number of hydrogen-bond acceptors (Lipinski definition) is 7. The van der Waals surface area contributed by atoms with Crippen LogP contribution in [0.3, 0.4) is 0 Å². The number of nitrogens with zero attached hydrogens (tertiary/aromatic N) is 3. The van der Waals surface area contributed by atoms with Crippen molar-refractivity contribution in [2.75, 3.05) is 32.0 Å². The molecule has 0 spiro atoms. The van der Waals surface area contributed by atoms with E-state index in [1.807, 2.05) is 45.1 Å². The second-order valence-electron chi connectivity index (χ2n) is 10.2. The van der Waals surface area contributed by atoms with Gasteiger partial charge in [0.25, 0.3) is 0 Å². The van der Waals surface area contributed by atoms with Crippen LogP contribution >= 0.6 is 0 Å². The Hall–Kier alpha value is -3.78. The topological polar surface area (TPSA) is 126 Å². The lowest BCUT2D eigenvalue weighted by Gasteiger charge is -2.20. The third-order valence-electron chi connectivity index (χ3n) is 6.94. The summed E-state index contributed by atoms with van der Waals surface area (Å²) in [4.78, 5) is 16.9. The fourth-order valence-corrected chi connectivity index (χ4v) is 6.20. The predicted octanol–water partition coefficient (Wildman–Crippen LogP) is 5.36. The predicted molar refractivity (Wildman–Crippen MR) is 166 cm³/mol. The number of hydrogen-bond donors (Lipinski definition) is 1. The van der Waals surface area contributed by atoms with Gasteiger partial charge in [-0.25, -0.2) is 17.7 Å². The van der Waals surface area contributed by atoms with E-state index in [2.05, 4.69) is 22.9 Å². The molecule has 224 valence electrons.